The molecule has 5 aliphatic carbocycles. The van der Waals surface area contributed by atoms with Crippen molar-refractivity contribution in [2.45, 2.75) is 306 Å². The van der Waals surface area contributed by atoms with Crippen LogP contribution in [0, 0.1) is 50.2 Å². The van der Waals surface area contributed by atoms with Gasteiger partial charge >= 0.3 is 11.9 Å². The van der Waals surface area contributed by atoms with Crippen LogP contribution in [0.25, 0.3) is 0 Å². The van der Waals surface area contributed by atoms with Crippen molar-refractivity contribution in [2.75, 3.05) is 13.2 Å². The van der Waals surface area contributed by atoms with Crippen LogP contribution in [0.1, 0.15) is 134 Å². The number of aliphatic hydroxyl groups is 15. The van der Waals surface area contributed by atoms with Crippen molar-refractivity contribution in [3.05, 3.63) is 11.6 Å². The van der Waals surface area contributed by atoms with Crippen molar-refractivity contribution >= 4 is 11.9 Å². The van der Waals surface area contributed by atoms with Crippen LogP contribution < -0.4 is 0 Å². The molecule has 5 aliphatic heterocycles. The van der Waals surface area contributed by atoms with Crippen LogP contribution in [0.5, 0.6) is 0 Å². The highest BCUT2D eigenvalue weighted by Crippen LogP contribution is 2.76. The summed E-state index contributed by atoms with van der Waals surface area (Å²) in [4.78, 5) is 28.9. The Bertz CT molecular complexity index is 2600. The van der Waals surface area contributed by atoms with Gasteiger partial charge in [0.2, 0.25) is 6.29 Å². The second-order valence-electron chi connectivity index (χ2n) is 30.2. The van der Waals surface area contributed by atoms with E-state index in [0.717, 1.165) is 5.57 Å². The van der Waals surface area contributed by atoms with Crippen molar-refractivity contribution < 1.29 is 138 Å². The highest BCUT2D eigenvalue weighted by Gasteiger charge is 2.73. The number of carbonyl (C=O) groups excluding carboxylic acids is 2. The third kappa shape index (κ3) is 12.2. The molecular weight excluding hydrogens is 1200 g/mol. The molecular formula is C63H102O28. The molecule has 0 aromatic carbocycles. The van der Waals surface area contributed by atoms with E-state index in [1.165, 1.54) is 34.6 Å². The monoisotopic (exact) mass is 1310 g/mol. The van der Waals surface area contributed by atoms with Crippen molar-refractivity contribution in [3.8, 4) is 0 Å². The van der Waals surface area contributed by atoms with Gasteiger partial charge in [0.15, 0.2) is 37.4 Å². The van der Waals surface area contributed by atoms with Crippen LogP contribution in [-0.2, 0) is 61.7 Å². The SMILES string of the molecule is C[C@H](O)CC(=O)O[C@@H]1[C@H](O)[C@@H](O[C@@H]2O[C@@H](C)[C@H](O[C@@H]3OC[C@@H](O)[C@H](O[C@@H]4O[C@@H](C)[C@H](O)[C@@H](O)[C@H]4O)[C@H]3O)[C@@H](O)[C@H]2O)[C@H](OC(=O)[C@]23CCC(C)(C)CC2C2=CC[C@@H]4[C@@]5(C)C[C@H](O)[C@H](O[C@@H]6O[C@@H](C)[C@H](O)[C@@H](O)[C@H]6O)[C@@](C)(CO)C5CC[C@@]4(C)[C@]2(C)C[C@H]3O)O[C@@H]1C. The van der Waals surface area contributed by atoms with Crippen LogP contribution in [0.4, 0.5) is 0 Å². The number of fused-ring (bicyclic) bond motifs is 7. The smallest absolute Gasteiger partial charge is 0.317 e. The predicted octanol–water partition coefficient (Wildman–Crippen LogP) is -2.23. The van der Waals surface area contributed by atoms with Gasteiger partial charge in [0.1, 0.15) is 84.8 Å². The first-order chi connectivity index (χ1) is 42.4. The Morgan fingerprint density at radius 1 is 0.560 bits per heavy atom. The Hall–Kier alpha value is -2.28. The van der Waals surface area contributed by atoms with Gasteiger partial charge in [0, 0.05) is 5.41 Å². The lowest BCUT2D eigenvalue weighted by molar-refractivity contribution is -0.380. The summed E-state index contributed by atoms with van der Waals surface area (Å²) in [5, 5.41) is 168. The van der Waals surface area contributed by atoms with E-state index in [0.29, 0.717) is 32.1 Å². The van der Waals surface area contributed by atoms with Gasteiger partial charge in [-0.15, -0.1) is 0 Å². The first-order valence-electron chi connectivity index (χ1n) is 32.5. The van der Waals surface area contributed by atoms with Crippen LogP contribution in [0.15, 0.2) is 11.6 Å². The van der Waals surface area contributed by atoms with E-state index in [2.05, 4.69) is 40.7 Å². The Kier molecular flexibility index (Phi) is 20.6. The van der Waals surface area contributed by atoms with Crippen molar-refractivity contribution in [1.82, 2.24) is 0 Å². The molecule has 0 spiro atoms. The van der Waals surface area contributed by atoms with Gasteiger partial charge in [-0.25, -0.2) is 0 Å². The maximum absolute atomic E-state index is 15.8. The first kappa shape index (κ1) is 71.5. The molecule has 9 fully saturated rings. The topological polar surface area (TPSA) is 439 Å². The lowest BCUT2D eigenvalue weighted by Gasteiger charge is -2.72. The quantitative estimate of drug-likeness (QED) is 0.0497. The van der Waals surface area contributed by atoms with E-state index in [9.17, 15) is 81.4 Å². The van der Waals surface area contributed by atoms with Gasteiger partial charge in [-0.3, -0.25) is 9.59 Å². The molecule has 5 saturated heterocycles. The van der Waals surface area contributed by atoms with Gasteiger partial charge < -0.3 is 129 Å². The van der Waals surface area contributed by atoms with E-state index in [4.69, 9.17) is 52.1 Å². The Balaban J connectivity index is 0.898. The molecule has 0 aromatic rings. The molecule has 0 bridgehead atoms. The number of allylic oxidation sites excluding steroid dienone is 2. The maximum Gasteiger partial charge on any atom is 0.317 e. The minimum Gasteiger partial charge on any atom is -0.457 e. The predicted molar refractivity (Wildman–Crippen MR) is 308 cm³/mol. The second kappa shape index (κ2) is 26.2. The number of rotatable bonds is 14. The molecule has 522 valence electrons. The van der Waals surface area contributed by atoms with Gasteiger partial charge in [-0.2, -0.15) is 0 Å². The normalized spacial score (nSPS) is 54.3. The standard InChI is InChI=1S/C63H102O28/c1-24(65)18-36(69)86-48-28(5)85-56(50(45(48)78)89-54-44(77)41(74)47(27(4)84-54)87-52-46(79)49(32(67)22-81-52)88-53-42(75)39(72)37(70)25(2)82-53)91-57(80)63-17-16-58(6,7)19-30(63)29-12-13-34-59(8)20-31(66)51(90-55-43(76)40(73)38(71)26(3)83-55)60(9,23-64)33(59)14-15-61(34,10)62(29,11)21-35(63)68/h12,24-28,30-35,37-56,64-68,70-79H,13-23H2,1-11H3/t24-,25-,26-,27-,28+,30?,31-,32+,33?,34+,35+,37-,38-,39+,40+,41-,42+,43+,44+,45-,46+,47-,48-,49-,50+,51-,52-,53-,54-,55-,56-,59-,60-,61+,62+,63+/m0/s1. The van der Waals surface area contributed by atoms with Gasteiger partial charge in [0.05, 0.1) is 68.5 Å². The highest BCUT2D eigenvalue weighted by atomic mass is 16.8. The van der Waals surface area contributed by atoms with E-state index in [1.54, 1.807) is 0 Å². The highest BCUT2D eigenvalue weighted by molar-refractivity contribution is 5.80. The minimum absolute atomic E-state index is 0.101. The van der Waals surface area contributed by atoms with Crippen LogP contribution in [-0.4, -0.2) is 274 Å². The van der Waals surface area contributed by atoms with E-state index < -0.39 is 236 Å². The van der Waals surface area contributed by atoms with E-state index >= 15 is 4.79 Å². The summed E-state index contributed by atoms with van der Waals surface area (Å²) in [7, 11) is 0. The zero-order valence-corrected chi connectivity index (χ0v) is 53.8. The molecule has 28 nitrogen and oxygen atoms in total. The number of esters is 2. The molecule has 91 heavy (non-hydrogen) atoms. The lowest BCUT2D eigenvalue weighted by Crippen LogP contribution is -2.70. The fourth-order valence-electron chi connectivity index (χ4n) is 18.4. The summed E-state index contributed by atoms with van der Waals surface area (Å²) in [6.45, 7) is 18.8. The summed E-state index contributed by atoms with van der Waals surface area (Å²) < 4.78 is 65.9. The van der Waals surface area contributed by atoms with E-state index in [1.807, 2.05) is 6.92 Å². The first-order valence-corrected chi connectivity index (χ1v) is 32.5. The number of ether oxygens (including phenoxy) is 11. The van der Waals surface area contributed by atoms with Crippen LogP contribution in [0.2, 0.25) is 0 Å². The minimum atomic E-state index is -2.05. The molecule has 0 amide bonds. The molecule has 4 saturated carbocycles. The molecule has 36 atom stereocenters. The third-order valence-corrected chi connectivity index (χ3v) is 23.8. The molecule has 15 N–H and O–H groups in total. The average molecular weight is 1310 g/mol. The van der Waals surface area contributed by atoms with Crippen LogP contribution in [0.3, 0.4) is 0 Å². The van der Waals surface area contributed by atoms with Crippen molar-refractivity contribution in [1.29, 1.82) is 0 Å². The molecule has 2 unspecified atom stereocenters. The average Bonchev–Trinajstić information content (AvgIpc) is 0.671. The number of aliphatic hydroxyl groups excluding tert-OH is 15. The molecule has 28 heteroatoms. The Labute approximate surface area is 529 Å². The summed E-state index contributed by atoms with van der Waals surface area (Å²) >= 11 is 0. The zero-order valence-electron chi connectivity index (χ0n) is 53.8. The number of hydrogen-bond donors (Lipinski definition) is 15. The fraction of sp³-hybridized carbons (Fsp3) is 0.937. The summed E-state index contributed by atoms with van der Waals surface area (Å²) in [5.74, 6) is -2.82. The summed E-state index contributed by atoms with van der Waals surface area (Å²) in [6.07, 6.45) is -38.1. The third-order valence-electron chi connectivity index (χ3n) is 23.8. The Morgan fingerprint density at radius 3 is 1.71 bits per heavy atom. The molecule has 5 heterocycles. The molecule has 10 rings (SSSR count). The summed E-state index contributed by atoms with van der Waals surface area (Å²) in [5.41, 5.74) is -4.08. The van der Waals surface area contributed by atoms with Crippen molar-refractivity contribution in [2.24, 2.45) is 50.2 Å². The largest absolute Gasteiger partial charge is 0.457 e. The second-order valence-corrected chi connectivity index (χ2v) is 30.2. The molecule has 10 aliphatic rings. The van der Waals surface area contributed by atoms with Gasteiger partial charge in [0.25, 0.3) is 0 Å². The lowest BCUT2D eigenvalue weighted by atomic mass is 9.33. The Morgan fingerprint density at radius 2 is 1.11 bits per heavy atom. The number of hydrogen-bond acceptors (Lipinski definition) is 28. The summed E-state index contributed by atoms with van der Waals surface area (Å²) in [6, 6.07) is 0. The zero-order chi connectivity index (χ0) is 66.9. The van der Waals surface area contributed by atoms with Gasteiger partial charge in [-0.1, -0.05) is 53.2 Å². The molecule has 0 radical (unpaired) electrons. The molecule has 0 aromatic heterocycles. The van der Waals surface area contributed by atoms with Crippen LogP contribution >= 0.6 is 0 Å². The maximum atomic E-state index is 15.8. The fourth-order valence-corrected chi connectivity index (χ4v) is 18.4. The number of carbonyl (C=O) groups is 2. The van der Waals surface area contributed by atoms with E-state index in [-0.39, 0.29) is 36.5 Å². The van der Waals surface area contributed by atoms with Gasteiger partial charge in [-0.05, 0) is 125 Å². The van der Waals surface area contributed by atoms with Crippen molar-refractivity contribution in [3.63, 3.8) is 0 Å².